The van der Waals surface area contributed by atoms with Gasteiger partial charge in [0.25, 0.3) is 0 Å². The van der Waals surface area contributed by atoms with E-state index in [1.54, 1.807) is 6.20 Å². The Kier molecular flexibility index (Phi) is 3.68. The molecule has 0 amide bonds. The van der Waals surface area contributed by atoms with Crippen molar-refractivity contribution in [3.63, 3.8) is 0 Å². The van der Waals surface area contributed by atoms with E-state index in [0.29, 0.717) is 6.04 Å². The van der Waals surface area contributed by atoms with E-state index in [9.17, 15) is 0 Å². The van der Waals surface area contributed by atoms with Gasteiger partial charge in [-0.2, -0.15) is 5.10 Å². The minimum Gasteiger partial charge on any atom is -0.380 e. The smallest absolute Gasteiger partial charge is 0.130 e. The Labute approximate surface area is 135 Å². The largest absolute Gasteiger partial charge is 0.380 e. The molecule has 23 heavy (non-hydrogen) atoms. The second kappa shape index (κ2) is 6.12. The summed E-state index contributed by atoms with van der Waals surface area (Å²) in [6, 6.07) is 16.8. The van der Waals surface area contributed by atoms with Crippen molar-refractivity contribution in [3.05, 3.63) is 67.1 Å². The maximum atomic E-state index is 4.53. The van der Waals surface area contributed by atoms with Gasteiger partial charge < -0.3 is 10.2 Å². The fourth-order valence-corrected chi connectivity index (χ4v) is 3.00. The van der Waals surface area contributed by atoms with Crippen LogP contribution in [0.5, 0.6) is 0 Å². The van der Waals surface area contributed by atoms with Crippen molar-refractivity contribution in [2.24, 2.45) is 0 Å². The highest BCUT2D eigenvalue weighted by Gasteiger charge is 2.23. The van der Waals surface area contributed by atoms with Crippen LogP contribution in [0.4, 0.5) is 11.5 Å². The van der Waals surface area contributed by atoms with Gasteiger partial charge in [-0.15, -0.1) is 0 Å². The summed E-state index contributed by atoms with van der Waals surface area (Å²) in [5, 5.41) is 7.88. The van der Waals surface area contributed by atoms with Crippen LogP contribution in [0.1, 0.15) is 6.42 Å². The minimum atomic E-state index is 0.451. The van der Waals surface area contributed by atoms with Crippen LogP contribution in [0, 0.1) is 0 Å². The summed E-state index contributed by atoms with van der Waals surface area (Å²) in [5.74, 6) is 1.01. The van der Waals surface area contributed by atoms with Crippen molar-refractivity contribution in [1.82, 2.24) is 14.8 Å². The molecular weight excluding hydrogens is 286 g/mol. The zero-order chi connectivity index (χ0) is 15.5. The molecule has 1 aromatic carbocycles. The first-order valence-electron chi connectivity index (χ1n) is 7.91. The number of rotatable bonds is 4. The van der Waals surface area contributed by atoms with Crippen molar-refractivity contribution in [2.75, 3.05) is 23.3 Å². The second-order valence-corrected chi connectivity index (χ2v) is 5.76. The average Bonchev–Trinajstić information content (AvgIpc) is 3.28. The van der Waals surface area contributed by atoms with E-state index in [-0.39, 0.29) is 0 Å². The number of pyridine rings is 1. The van der Waals surface area contributed by atoms with Gasteiger partial charge in [-0.25, -0.2) is 9.67 Å². The van der Waals surface area contributed by atoms with Gasteiger partial charge in [0.1, 0.15) is 5.82 Å². The van der Waals surface area contributed by atoms with E-state index in [1.165, 1.54) is 5.69 Å². The maximum absolute atomic E-state index is 4.53. The molecule has 1 fully saturated rings. The van der Waals surface area contributed by atoms with Crippen LogP contribution in [0.25, 0.3) is 5.69 Å². The molecule has 0 radical (unpaired) electrons. The average molecular weight is 305 g/mol. The van der Waals surface area contributed by atoms with Gasteiger partial charge in [-0.05, 0) is 30.7 Å². The van der Waals surface area contributed by atoms with Crippen molar-refractivity contribution in [2.45, 2.75) is 12.5 Å². The zero-order valence-electron chi connectivity index (χ0n) is 12.8. The molecule has 4 rings (SSSR count). The fourth-order valence-electron chi connectivity index (χ4n) is 3.00. The van der Waals surface area contributed by atoms with Crippen molar-refractivity contribution < 1.29 is 0 Å². The monoisotopic (exact) mass is 305 g/mol. The Morgan fingerprint density at radius 2 is 1.96 bits per heavy atom. The molecule has 0 spiro atoms. The standard InChI is InChI=1S/C18H19N5/c1-2-5-15(6-3-1)21-16-8-12-22(14-16)18-13-17(7-10-19-18)23-11-4-9-20-23/h1-7,9-11,13,16,21H,8,12,14H2. The molecule has 1 saturated heterocycles. The molecule has 1 N–H and O–H groups in total. The lowest BCUT2D eigenvalue weighted by Gasteiger charge is -2.19. The van der Waals surface area contributed by atoms with Gasteiger partial charge in [0.15, 0.2) is 0 Å². The minimum absolute atomic E-state index is 0.451. The first-order chi connectivity index (χ1) is 11.4. The van der Waals surface area contributed by atoms with E-state index in [4.69, 9.17) is 0 Å². The normalized spacial score (nSPS) is 17.4. The summed E-state index contributed by atoms with van der Waals surface area (Å²) >= 11 is 0. The summed E-state index contributed by atoms with van der Waals surface area (Å²) in [5.41, 5.74) is 2.22. The van der Waals surface area contributed by atoms with Crippen LogP contribution in [0.15, 0.2) is 67.1 Å². The summed E-state index contributed by atoms with van der Waals surface area (Å²) in [6.45, 7) is 1.98. The van der Waals surface area contributed by atoms with Gasteiger partial charge in [0, 0.05) is 49.5 Å². The van der Waals surface area contributed by atoms with Crippen molar-refractivity contribution in [1.29, 1.82) is 0 Å². The van der Waals surface area contributed by atoms with E-state index in [1.807, 2.05) is 35.3 Å². The summed E-state index contributed by atoms with van der Waals surface area (Å²) in [6.07, 6.45) is 6.70. The molecule has 3 heterocycles. The molecule has 116 valence electrons. The topological polar surface area (TPSA) is 46.0 Å². The van der Waals surface area contributed by atoms with Gasteiger partial charge in [0.05, 0.1) is 5.69 Å². The summed E-state index contributed by atoms with van der Waals surface area (Å²) in [4.78, 5) is 6.86. The third kappa shape index (κ3) is 3.04. The van der Waals surface area contributed by atoms with Crippen LogP contribution in [0.2, 0.25) is 0 Å². The third-order valence-electron chi connectivity index (χ3n) is 4.15. The Bertz CT molecular complexity index is 754. The first-order valence-corrected chi connectivity index (χ1v) is 7.91. The summed E-state index contributed by atoms with van der Waals surface area (Å²) < 4.78 is 1.86. The van der Waals surface area contributed by atoms with E-state index >= 15 is 0 Å². The quantitative estimate of drug-likeness (QED) is 0.805. The van der Waals surface area contributed by atoms with E-state index in [0.717, 1.165) is 31.0 Å². The Hall–Kier alpha value is -2.82. The lowest BCUT2D eigenvalue weighted by Crippen LogP contribution is -2.26. The number of nitrogens with one attached hydrogen (secondary N) is 1. The van der Waals surface area contributed by atoms with Gasteiger partial charge in [0.2, 0.25) is 0 Å². The summed E-state index contributed by atoms with van der Waals surface area (Å²) in [7, 11) is 0. The molecule has 5 nitrogen and oxygen atoms in total. The SMILES string of the molecule is c1ccc(NC2CCN(c3cc(-n4cccn4)ccn3)C2)cc1. The number of hydrogen-bond acceptors (Lipinski definition) is 4. The Balaban J connectivity index is 1.46. The van der Waals surface area contributed by atoms with Crippen LogP contribution in [-0.2, 0) is 0 Å². The van der Waals surface area contributed by atoms with Gasteiger partial charge in [-0.1, -0.05) is 18.2 Å². The van der Waals surface area contributed by atoms with Crippen LogP contribution < -0.4 is 10.2 Å². The van der Waals surface area contributed by atoms with Crippen LogP contribution in [0.3, 0.4) is 0 Å². The fraction of sp³-hybridized carbons (Fsp3) is 0.222. The highest BCUT2D eigenvalue weighted by atomic mass is 15.3. The molecule has 1 aliphatic heterocycles. The molecule has 0 saturated carbocycles. The molecule has 5 heteroatoms. The number of benzene rings is 1. The Morgan fingerprint density at radius 1 is 1.04 bits per heavy atom. The highest BCUT2D eigenvalue weighted by molar-refractivity contribution is 5.49. The Morgan fingerprint density at radius 3 is 2.78 bits per heavy atom. The maximum Gasteiger partial charge on any atom is 0.130 e. The van der Waals surface area contributed by atoms with Crippen LogP contribution >= 0.6 is 0 Å². The van der Waals surface area contributed by atoms with Crippen molar-refractivity contribution in [3.8, 4) is 5.69 Å². The predicted molar refractivity (Wildman–Crippen MR) is 92.0 cm³/mol. The number of nitrogens with zero attached hydrogens (tertiary/aromatic N) is 4. The lowest BCUT2D eigenvalue weighted by atomic mass is 10.2. The highest BCUT2D eigenvalue weighted by Crippen LogP contribution is 2.22. The zero-order valence-corrected chi connectivity index (χ0v) is 12.8. The number of aromatic nitrogens is 3. The van der Waals surface area contributed by atoms with Gasteiger partial charge in [-0.3, -0.25) is 0 Å². The number of anilines is 2. The first kappa shape index (κ1) is 13.8. The lowest BCUT2D eigenvalue weighted by molar-refractivity contribution is 0.805. The van der Waals surface area contributed by atoms with Gasteiger partial charge >= 0.3 is 0 Å². The third-order valence-corrected chi connectivity index (χ3v) is 4.15. The second-order valence-electron chi connectivity index (χ2n) is 5.76. The molecule has 1 aliphatic rings. The number of hydrogen-bond donors (Lipinski definition) is 1. The van der Waals surface area contributed by atoms with E-state index < -0.39 is 0 Å². The molecule has 3 aromatic rings. The molecule has 0 aliphatic carbocycles. The van der Waals surface area contributed by atoms with E-state index in [2.05, 4.69) is 50.6 Å². The predicted octanol–water partition coefficient (Wildman–Crippen LogP) is 2.96. The van der Waals surface area contributed by atoms with Crippen LogP contribution in [-0.4, -0.2) is 33.9 Å². The molecule has 1 atom stereocenters. The molecular formula is C18H19N5. The molecule has 2 aromatic heterocycles. The molecule has 1 unspecified atom stereocenters. The molecule has 0 bridgehead atoms. The van der Waals surface area contributed by atoms with Crippen molar-refractivity contribution >= 4 is 11.5 Å². The number of para-hydroxylation sites is 1.